The third-order valence-corrected chi connectivity index (χ3v) is 1.73. The fraction of sp³-hybridized carbons (Fsp3) is 0.333. The van der Waals surface area contributed by atoms with Crippen LogP contribution >= 0.6 is 0 Å². The van der Waals surface area contributed by atoms with Gasteiger partial charge in [0.2, 0.25) is 0 Å². The Hall–Kier alpha value is -1.38. The lowest BCUT2D eigenvalue weighted by molar-refractivity contribution is 0.0946. The Bertz CT molecular complexity index is 280. The predicted octanol–water partition coefficient (Wildman–Crippen LogP) is 0.774. The number of pyridine rings is 1. The first-order chi connectivity index (χ1) is 5.86. The molecule has 0 spiro atoms. The molecule has 3 heteroatoms. The second kappa shape index (κ2) is 2.93. The number of nitrogens with zero attached hydrogens (tertiary/aromatic N) is 1. The molecule has 1 aromatic heterocycles. The molecule has 1 aromatic rings. The normalized spacial score (nSPS) is 15.7. The fourth-order valence-electron chi connectivity index (χ4n) is 0.931. The lowest BCUT2D eigenvalue weighted by Crippen LogP contribution is -2.26. The molecule has 1 aliphatic rings. The van der Waals surface area contributed by atoms with Gasteiger partial charge in [-0.3, -0.25) is 9.78 Å². The second-order valence-corrected chi connectivity index (χ2v) is 2.88. The molecule has 2 rings (SSSR count). The van der Waals surface area contributed by atoms with Crippen molar-refractivity contribution in [3.8, 4) is 0 Å². The smallest absolute Gasteiger partial charge is 0.270 e. The molecule has 1 heterocycles. The van der Waals surface area contributed by atoms with E-state index in [4.69, 9.17) is 0 Å². The molecule has 0 aliphatic heterocycles. The third-order valence-electron chi connectivity index (χ3n) is 1.73. The van der Waals surface area contributed by atoms with Crippen LogP contribution in [0, 0.1) is 6.07 Å². The van der Waals surface area contributed by atoms with Crippen molar-refractivity contribution in [3.63, 3.8) is 0 Å². The highest BCUT2D eigenvalue weighted by Crippen LogP contribution is 2.18. The molecule has 12 heavy (non-hydrogen) atoms. The molecule has 1 amide bonds. The molecule has 1 aliphatic carbocycles. The standard InChI is InChI=1S/C9H9N2O/c12-9(11-7-4-5-7)8-3-1-2-6-10-8/h1-2,6-7H,4-5H2,(H,11,12). The highest BCUT2D eigenvalue weighted by molar-refractivity contribution is 5.92. The van der Waals surface area contributed by atoms with Crippen LogP contribution < -0.4 is 5.32 Å². The molecule has 1 N–H and O–H groups in total. The molecule has 1 saturated carbocycles. The van der Waals surface area contributed by atoms with Crippen LogP contribution in [0.15, 0.2) is 18.3 Å². The van der Waals surface area contributed by atoms with Gasteiger partial charge in [0.25, 0.3) is 5.91 Å². The Labute approximate surface area is 70.8 Å². The third kappa shape index (κ3) is 1.61. The van der Waals surface area contributed by atoms with Gasteiger partial charge < -0.3 is 5.32 Å². The number of aromatic nitrogens is 1. The Morgan fingerprint density at radius 2 is 2.50 bits per heavy atom. The summed E-state index contributed by atoms with van der Waals surface area (Å²) in [7, 11) is 0. The van der Waals surface area contributed by atoms with Crippen molar-refractivity contribution in [1.82, 2.24) is 10.3 Å². The summed E-state index contributed by atoms with van der Waals surface area (Å²) in [6.07, 6.45) is 3.79. The van der Waals surface area contributed by atoms with Gasteiger partial charge in [-0.2, -0.15) is 0 Å². The van der Waals surface area contributed by atoms with Crippen LogP contribution in [0.1, 0.15) is 23.3 Å². The molecular weight excluding hydrogens is 152 g/mol. The maximum Gasteiger partial charge on any atom is 0.270 e. The Kier molecular flexibility index (Phi) is 1.78. The largest absolute Gasteiger partial charge is 0.348 e. The van der Waals surface area contributed by atoms with Crippen molar-refractivity contribution in [1.29, 1.82) is 0 Å². The van der Waals surface area contributed by atoms with Crippen LogP contribution in [0.5, 0.6) is 0 Å². The van der Waals surface area contributed by atoms with E-state index in [0.717, 1.165) is 12.8 Å². The van der Waals surface area contributed by atoms with Crippen molar-refractivity contribution in [2.24, 2.45) is 0 Å². The maximum atomic E-state index is 11.3. The number of amides is 1. The zero-order valence-electron chi connectivity index (χ0n) is 6.58. The lowest BCUT2D eigenvalue weighted by atomic mass is 10.3. The average Bonchev–Trinajstić information content (AvgIpc) is 2.90. The van der Waals surface area contributed by atoms with E-state index >= 15 is 0 Å². The predicted molar refractivity (Wildman–Crippen MR) is 43.6 cm³/mol. The van der Waals surface area contributed by atoms with E-state index in [1.54, 1.807) is 18.3 Å². The van der Waals surface area contributed by atoms with Gasteiger partial charge in [-0.15, -0.1) is 0 Å². The van der Waals surface area contributed by atoms with Gasteiger partial charge >= 0.3 is 0 Å². The Balaban J connectivity index is 2.03. The van der Waals surface area contributed by atoms with Crippen LogP contribution in [0.2, 0.25) is 0 Å². The van der Waals surface area contributed by atoms with Crippen LogP contribution in [-0.4, -0.2) is 16.9 Å². The van der Waals surface area contributed by atoms with E-state index in [9.17, 15) is 4.79 Å². The summed E-state index contributed by atoms with van der Waals surface area (Å²) < 4.78 is 0. The molecule has 1 radical (unpaired) electrons. The molecule has 0 aromatic carbocycles. The van der Waals surface area contributed by atoms with Crippen LogP contribution in [0.25, 0.3) is 0 Å². The van der Waals surface area contributed by atoms with Gasteiger partial charge in [0.05, 0.1) is 0 Å². The highest BCUT2D eigenvalue weighted by Gasteiger charge is 2.23. The summed E-state index contributed by atoms with van der Waals surface area (Å²) in [6, 6.07) is 6.59. The number of hydrogen-bond acceptors (Lipinski definition) is 2. The van der Waals surface area contributed by atoms with Crippen molar-refractivity contribution in [2.75, 3.05) is 0 Å². The maximum absolute atomic E-state index is 11.3. The van der Waals surface area contributed by atoms with Crippen molar-refractivity contribution in [2.45, 2.75) is 18.9 Å². The molecule has 61 valence electrons. The van der Waals surface area contributed by atoms with Gasteiger partial charge in [0, 0.05) is 18.3 Å². The minimum Gasteiger partial charge on any atom is -0.348 e. The van der Waals surface area contributed by atoms with E-state index in [0.29, 0.717) is 11.7 Å². The molecule has 1 fully saturated rings. The first-order valence-corrected chi connectivity index (χ1v) is 4.00. The quantitative estimate of drug-likeness (QED) is 0.696. The minimum atomic E-state index is -0.113. The molecular formula is C9H9N2O. The number of carbonyl (C=O) groups excluding carboxylic acids is 1. The van der Waals surface area contributed by atoms with E-state index in [1.165, 1.54) is 0 Å². The first-order valence-electron chi connectivity index (χ1n) is 4.00. The van der Waals surface area contributed by atoms with Crippen LogP contribution in [-0.2, 0) is 0 Å². The fourth-order valence-corrected chi connectivity index (χ4v) is 0.931. The summed E-state index contributed by atoms with van der Waals surface area (Å²) in [5.41, 5.74) is 0.379. The summed E-state index contributed by atoms with van der Waals surface area (Å²) in [5.74, 6) is -0.113. The zero-order valence-corrected chi connectivity index (χ0v) is 6.58. The lowest BCUT2D eigenvalue weighted by Gasteiger charge is -1.99. The molecule has 0 saturated heterocycles. The average molecular weight is 161 g/mol. The van der Waals surface area contributed by atoms with Gasteiger partial charge in [0.1, 0.15) is 5.69 Å². The van der Waals surface area contributed by atoms with Crippen molar-refractivity contribution in [3.05, 3.63) is 30.1 Å². The minimum absolute atomic E-state index is 0.113. The highest BCUT2D eigenvalue weighted by atomic mass is 16.2. The summed E-state index contributed by atoms with van der Waals surface area (Å²) in [6.45, 7) is 0. The molecule has 0 atom stereocenters. The van der Waals surface area contributed by atoms with Crippen LogP contribution in [0.4, 0.5) is 0 Å². The van der Waals surface area contributed by atoms with Gasteiger partial charge in [-0.25, -0.2) is 0 Å². The molecule has 3 nitrogen and oxygen atoms in total. The zero-order chi connectivity index (χ0) is 8.39. The Morgan fingerprint density at radius 1 is 1.67 bits per heavy atom. The summed E-state index contributed by atoms with van der Waals surface area (Å²) in [5, 5.41) is 2.84. The van der Waals surface area contributed by atoms with Gasteiger partial charge in [-0.05, 0) is 18.9 Å². The van der Waals surface area contributed by atoms with E-state index in [2.05, 4.69) is 16.4 Å². The number of hydrogen-bond donors (Lipinski definition) is 1. The topological polar surface area (TPSA) is 42.0 Å². The van der Waals surface area contributed by atoms with Crippen molar-refractivity contribution >= 4 is 5.91 Å². The summed E-state index contributed by atoms with van der Waals surface area (Å²) in [4.78, 5) is 15.2. The number of rotatable bonds is 2. The summed E-state index contributed by atoms with van der Waals surface area (Å²) >= 11 is 0. The second-order valence-electron chi connectivity index (χ2n) is 2.88. The van der Waals surface area contributed by atoms with E-state index < -0.39 is 0 Å². The van der Waals surface area contributed by atoms with Crippen LogP contribution in [0.3, 0.4) is 0 Å². The Morgan fingerprint density at radius 3 is 3.08 bits per heavy atom. The first kappa shape index (κ1) is 7.28. The van der Waals surface area contributed by atoms with Crippen molar-refractivity contribution < 1.29 is 4.79 Å². The monoisotopic (exact) mass is 161 g/mol. The number of nitrogens with one attached hydrogen (secondary N) is 1. The SMILES string of the molecule is O=C(NC1CC1)c1[c]cccn1. The van der Waals surface area contributed by atoms with Gasteiger partial charge in [-0.1, -0.05) is 6.07 Å². The van der Waals surface area contributed by atoms with E-state index in [-0.39, 0.29) is 5.91 Å². The number of carbonyl (C=O) groups is 1. The molecule has 0 unspecified atom stereocenters. The van der Waals surface area contributed by atoms with E-state index in [1.807, 2.05) is 0 Å². The van der Waals surface area contributed by atoms with Gasteiger partial charge in [0.15, 0.2) is 0 Å². The molecule has 0 bridgehead atoms.